The van der Waals surface area contributed by atoms with Gasteiger partial charge in [0.25, 0.3) is 0 Å². The van der Waals surface area contributed by atoms with Crippen LogP contribution >= 0.6 is 12.2 Å². The van der Waals surface area contributed by atoms with Crippen LogP contribution < -0.4 is 0 Å². The van der Waals surface area contributed by atoms with Gasteiger partial charge in [0, 0.05) is 6.04 Å². The van der Waals surface area contributed by atoms with Crippen LogP contribution in [0.1, 0.15) is 38.3 Å². The van der Waals surface area contributed by atoms with Crippen molar-refractivity contribution in [3.8, 4) is 6.07 Å². The van der Waals surface area contributed by atoms with E-state index in [9.17, 15) is 0 Å². The topological polar surface area (TPSA) is 44.5 Å². The van der Waals surface area contributed by atoms with Crippen LogP contribution in [0.3, 0.4) is 0 Å². The minimum atomic E-state index is 0.357. The van der Waals surface area contributed by atoms with E-state index in [4.69, 9.17) is 17.5 Å². The van der Waals surface area contributed by atoms with Crippen LogP contribution in [0.25, 0.3) is 11.0 Å². The first-order valence-corrected chi connectivity index (χ1v) is 6.23. The van der Waals surface area contributed by atoms with E-state index in [1.165, 1.54) is 0 Å². The normalized spacial score (nSPS) is 12.5. The number of nitrogens with one attached hydrogen (secondary N) is 1. The number of aromatic nitrogens is 2. The van der Waals surface area contributed by atoms with Crippen LogP contribution in [0.5, 0.6) is 0 Å². The first-order valence-electron chi connectivity index (χ1n) is 5.82. The molecule has 88 valence electrons. The fourth-order valence-electron chi connectivity index (χ4n) is 2.23. The Morgan fingerprint density at radius 3 is 2.94 bits per heavy atom. The third-order valence-corrected chi connectivity index (χ3v) is 3.32. The zero-order valence-corrected chi connectivity index (χ0v) is 10.8. The lowest BCUT2D eigenvalue weighted by molar-refractivity contribution is 0.507. The van der Waals surface area contributed by atoms with Crippen LogP contribution in [0, 0.1) is 16.1 Å². The Labute approximate surface area is 106 Å². The van der Waals surface area contributed by atoms with Crippen LogP contribution in [0.4, 0.5) is 0 Å². The molecule has 0 aliphatic rings. The maximum atomic E-state index is 9.06. The Balaban J connectivity index is 2.69. The quantitative estimate of drug-likeness (QED) is 0.833. The molecule has 0 amide bonds. The Hall–Kier alpha value is -1.60. The molecule has 1 atom stereocenters. The summed E-state index contributed by atoms with van der Waals surface area (Å²) in [5.74, 6) is 0. The highest BCUT2D eigenvalue weighted by atomic mass is 32.1. The molecular weight excluding hydrogens is 230 g/mol. The molecule has 3 nitrogen and oxygen atoms in total. The summed E-state index contributed by atoms with van der Waals surface area (Å²) in [7, 11) is 0. The lowest BCUT2D eigenvalue weighted by atomic mass is 10.1. The number of benzene rings is 1. The van der Waals surface area contributed by atoms with Crippen molar-refractivity contribution in [1.29, 1.82) is 5.26 Å². The molecule has 0 fully saturated rings. The summed E-state index contributed by atoms with van der Waals surface area (Å²) < 4.78 is 2.80. The largest absolute Gasteiger partial charge is 0.329 e. The molecule has 1 heterocycles. The second-order valence-corrected chi connectivity index (χ2v) is 4.64. The van der Waals surface area contributed by atoms with Crippen LogP contribution in [0.2, 0.25) is 0 Å². The number of nitriles is 1. The first kappa shape index (κ1) is 11.9. The monoisotopic (exact) mass is 245 g/mol. The highest BCUT2D eigenvalue weighted by Crippen LogP contribution is 2.23. The van der Waals surface area contributed by atoms with Gasteiger partial charge in [0.2, 0.25) is 0 Å². The van der Waals surface area contributed by atoms with Crippen molar-refractivity contribution in [2.45, 2.75) is 32.7 Å². The number of fused-ring (bicyclic) bond motifs is 1. The Bertz CT molecular complexity index is 630. The predicted molar refractivity (Wildman–Crippen MR) is 71.5 cm³/mol. The summed E-state index contributed by atoms with van der Waals surface area (Å²) >= 11 is 5.35. The van der Waals surface area contributed by atoms with Gasteiger partial charge in [-0.3, -0.25) is 0 Å². The zero-order valence-electron chi connectivity index (χ0n) is 10.0. The molecule has 1 N–H and O–H groups in total. The SMILES string of the molecule is CCCC(C)n1c(=S)[nH]c2c(C#N)cccc21. The summed E-state index contributed by atoms with van der Waals surface area (Å²) in [4.78, 5) is 3.14. The predicted octanol–water partition coefficient (Wildman–Crippen LogP) is 3.93. The maximum Gasteiger partial charge on any atom is 0.178 e. The van der Waals surface area contributed by atoms with E-state index in [0.29, 0.717) is 16.4 Å². The number of aromatic amines is 1. The molecule has 2 rings (SSSR count). The lowest BCUT2D eigenvalue weighted by Crippen LogP contribution is -2.04. The molecule has 0 aliphatic heterocycles. The van der Waals surface area contributed by atoms with E-state index >= 15 is 0 Å². The van der Waals surface area contributed by atoms with E-state index in [2.05, 4.69) is 29.5 Å². The Morgan fingerprint density at radius 2 is 2.29 bits per heavy atom. The highest BCUT2D eigenvalue weighted by molar-refractivity contribution is 7.71. The number of imidazole rings is 1. The van der Waals surface area contributed by atoms with Crippen molar-refractivity contribution in [3.63, 3.8) is 0 Å². The Kier molecular flexibility index (Phi) is 3.30. The van der Waals surface area contributed by atoms with Crippen molar-refractivity contribution in [3.05, 3.63) is 28.5 Å². The van der Waals surface area contributed by atoms with Crippen molar-refractivity contribution in [2.24, 2.45) is 0 Å². The molecule has 4 heteroatoms. The van der Waals surface area contributed by atoms with Gasteiger partial charge in [0.15, 0.2) is 4.77 Å². The summed E-state index contributed by atoms with van der Waals surface area (Å²) in [5, 5.41) is 9.06. The first-order chi connectivity index (χ1) is 8.19. The van der Waals surface area contributed by atoms with Gasteiger partial charge in [-0.05, 0) is 37.7 Å². The van der Waals surface area contributed by atoms with Crippen molar-refractivity contribution in [1.82, 2.24) is 9.55 Å². The minimum absolute atomic E-state index is 0.357. The number of H-pyrrole nitrogens is 1. The molecule has 2 aromatic rings. The molecule has 0 aliphatic carbocycles. The molecule has 1 aromatic heterocycles. The molecule has 0 bridgehead atoms. The van der Waals surface area contributed by atoms with E-state index in [-0.39, 0.29) is 0 Å². The smallest absolute Gasteiger partial charge is 0.178 e. The second-order valence-electron chi connectivity index (χ2n) is 4.25. The van der Waals surface area contributed by atoms with Crippen LogP contribution in [0.15, 0.2) is 18.2 Å². The molecule has 1 aromatic carbocycles. The van der Waals surface area contributed by atoms with Gasteiger partial charge in [-0.15, -0.1) is 0 Å². The molecule has 0 saturated heterocycles. The van der Waals surface area contributed by atoms with Gasteiger partial charge in [0.1, 0.15) is 6.07 Å². The van der Waals surface area contributed by atoms with Gasteiger partial charge in [-0.1, -0.05) is 19.4 Å². The average Bonchev–Trinajstić information content (AvgIpc) is 2.65. The Morgan fingerprint density at radius 1 is 1.53 bits per heavy atom. The highest BCUT2D eigenvalue weighted by Gasteiger charge is 2.12. The second kappa shape index (κ2) is 4.72. The number of nitrogens with zero attached hydrogens (tertiary/aromatic N) is 2. The van der Waals surface area contributed by atoms with E-state index in [1.807, 2.05) is 18.2 Å². The molecule has 0 radical (unpaired) electrons. The maximum absolute atomic E-state index is 9.06. The van der Waals surface area contributed by atoms with Gasteiger partial charge in [0.05, 0.1) is 16.6 Å². The van der Waals surface area contributed by atoms with Gasteiger partial charge in [-0.25, -0.2) is 0 Å². The molecular formula is C13H15N3S. The minimum Gasteiger partial charge on any atom is -0.329 e. The summed E-state index contributed by atoms with van der Waals surface area (Å²) in [6.07, 6.45) is 2.20. The van der Waals surface area contributed by atoms with E-state index < -0.39 is 0 Å². The molecule has 0 saturated carbocycles. The van der Waals surface area contributed by atoms with Gasteiger partial charge >= 0.3 is 0 Å². The lowest BCUT2D eigenvalue weighted by Gasteiger charge is -2.13. The summed E-state index contributed by atoms with van der Waals surface area (Å²) in [6, 6.07) is 8.27. The standard InChI is InChI=1S/C13H15N3S/c1-3-5-9(2)16-11-7-4-6-10(8-14)12(11)15-13(16)17/h4,6-7,9H,3,5H2,1-2H3,(H,15,17). The third kappa shape index (κ3) is 1.98. The number of rotatable bonds is 3. The number of hydrogen-bond donors (Lipinski definition) is 1. The zero-order chi connectivity index (χ0) is 12.4. The van der Waals surface area contributed by atoms with Crippen molar-refractivity contribution < 1.29 is 0 Å². The van der Waals surface area contributed by atoms with Crippen LogP contribution in [-0.4, -0.2) is 9.55 Å². The van der Waals surface area contributed by atoms with Crippen molar-refractivity contribution in [2.75, 3.05) is 0 Å². The van der Waals surface area contributed by atoms with Gasteiger partial charge < -0.3 is 9.55 Å². The number of hydrogen-bond acceptors (Lipinski definition) is 2. The number of para-hydroxylation sites is 1. The molecule has 1 unspecified atom stereocenters. The van der Waals surface area contributed by atoms with E-state index in [1.54, 1.807) is 0 Å². The fourth-order valence-corrected chi connectivity index (χ4v) is 2.61. The van der Waals surface area contributed by atoms with Crippen molar-refractivity contribution >= 4 is 23.3 Å². The average molecular weight is 245 g/mol. The third-order valence-electron chi connectivity index (χ3n) is 3.02. The van der Waals surface area contributed by atoms with Crippen LogP contribution in [-0.2, 0) is 0 Å². The van der Waals surface area contributed by atoms with E-state index in [0.717, 1.165) is 23.9 Å². The fraction of sp³-hybridized carbons (Fsp3) is 0.385. The molecule has 17 heavy (non-hydrogen) atoms. The van der Waals surface area contributed by atoms with Gasteiger partial charge in [-0.2, -0.15) is 5.26 Å². The summed E-state index contributed by atoms with van der Waals surface area (Å²) in [6.45, 7) is 4.32. The molecule has 0 spiro atoms. The summed E-state index contributed by atoms with van der Waals surface area (Å²) in [5.41, 5.74) is 2.52.